The topological polar surface area (TPSA) is 177 Å². The van der Waals surface area contributed by atoms with Gasteiger partial charge in [-0.25, -0.2) is 4.79 Å². The van der Waals surface area contributed by atoms with Crippen molar-refractivity contribution in [3.63, 3.8) is 0 Å². The van der Waals surface area contributed by atoms with E-state index < -0.39 is 47.9 Å². The third-order valence-electron chi connectivity index (χ3n) is 4.63. The third-order valence-corrected chi connectivity index (χ3v) is 4.63. The maximum Gasteiger partial charge on any atom is 0.326 e. The molecule has 0 fully saturated rings. The molecule has 28 heavy (non-hydrogen) atoms. The molecular formula is C18H35N5O5. The molecule has 0 heterocycles. The van der Waals surface area contributed by atoms with Gasteiger partial charge in [0.2, 0.25) is 17.7 Å². The summed E-state index contributed by atoms with van der Waals surface area (Å²) in [5.74, 6) is -2.82. The summed E-state index contributed by atoms with van der Waals surface area (Å²) >= 11 is 0. The lowest BCUT2D eigenvalue weighted by atomic mass is 9.99. The van der Waals surface area contributed by atoms with Gasteiger partial charge in [0.05, 0.1) is 6.04 Å². The van der Waals surface area contributed by atoms with Crippen LogP contribution in [0, 0.1) is 5.92 Å². The van der Waals surface area contributed by atoms with Crippen molar-refractivity contribution >= 4 is 23.7 Å². The molecule has 0 aliphatic carbocycles. The zero-order chi connectivity index (χ0) is 21.9. The number of carbonyl (C=O) groups excluding carboxylic acids is 3. The fourth-order valence-corrected chi connectivity index (χ4v) is 2.34. The summed E-state index contributed by atoms with van der Waals surface area (Å²) in [4.78, 5) is 47.7. The third kappa shape index (κ3) is 9.14. The lowest BCUT2D eigenvalue weighted by Crippen LogP contribution is -2.56. The Kier molecular flexibility index (Phi) is 12.0. The van der Waals surface area contributed by atoms with E-state index in [0.29, 0.717) is 19.4 Å². The minimum Gasteiger partial charge on any atom is -0.480 e. The minimum atomic E-state index is -1.15. The number of hydrogen-bond donors (Lipinski definition) is 6. The first-order chi connectivity index (χ1) is 13.0. The molecule has 0 aliphatic heterocycles. The highest BCUT2D eigenvalue weighted by Gasteiger charge is 2.27. The number of carboxylic acids is 1. The summed E-state index contributed by atoms with van der Waals surface area (Å²) in [6.45, 7) is 7.11. The van der Waals surface area contributed by atoms with Crippen LogP contribution in [-0.4, -0.2) is 59.5 Å². The van der Waals surface area contributed by atoms with E-state index in [1.165, 1.54) is 13.8 Å². The molecule has 0 saturated heterocycles. The summed E-state index contributed by atoms with van der Waals surface area (Å²) in [7, 11) is 0. The molecule has 3 amide bonds. The van der Waals surface area contributed by atoms with Crippen LogP contribution in [-0.2, 0) is 19.2 Å². The normalized spacial score (nSPS) is 16.2. The Balaban J connectivity index is 4.62. The highest BCUT2D eigenvalue weighted by atomic mass is 16.4. The fourth-order valence-electron chi connectivity index (χ4n) is 2.34. The quantitative estimate of drug-likeness (QED) is 0.216. The first kappa shape index (κ1) is 25.8. The average Bonchev–Trinajstić information content (AvgIpc) is 2.65. The van der Waals surface area contributed by atoms with Crippen LogP contribution in [0.15, 0.2) is 0 Å². The summed E-state index contributed by atoms with van der Waals surface area (Å²) in [5, 5.41) is 16.6. The van der Waals surface area contributed by atoms with Gasteiger partial charge in [0.15, 0.2) is 0 Å². The molecular weight excluding hydrogens is 366 g/mol. The molecule has 0 aromatic carbocycles. The largest absolute Gasteiger partial charge is 0.480 e. The van der Waals surface area contributed by atoms with Gasteiger partial charge in [0.1, 0.15) is 18.1 Å². The van der Waals surface area contributed by atoms with Gasteiger partial charge in [0, 0.05) is 0 Å². The van der Waals surface area contributed by atoms with Gasteiger partial charge in [0.25, 0.3) is 0 Å². The summed E-state index contributed by atoms with van der Waals surface area (Å²) < 4.78 is 0. The van der Waals surface area contributed by atoms with E-state index in [2.05, 4.69) is 16.0 Å². The number of nitrogens with one attached hydrogen (secondary N) is 3. The fraction of sp³-hybridized carbons (Fsp3) is 0.778. The Hall–Kier alpha value is -2.20. The minimum absolute atomic E-state index is 0.0350. The molecule has 10 nitrogen and oxygen atoms in total. The SMILES string of the molecule is CCC(C)C(N)C(=O)NC(C)C(=O)NC(C)C(=O)NC(CCCCN)C(=O)O. The Morgan fingerprint density at radius 3 is 1.86 bits per heavy atom. The number of nitrogens with two attached hydrogens (primary N) is 2. The number of rotatable bonds is 13. The number of amides is 3. The molecule has 0 rings (SSSR count). The Morgan fingerprint density at radius 2 is 1.39 bits per heavy atom. The standard InChI is InChI=1S/C18H35N5O5/c1-5-10(2)14(20)17(26)22-11(3)15(24)21-12(4)16(25)23-13(18(27)28)8-6-7-9-19/h10-14H,5-9,19-20H2,1-4H3,(H,21,24)(H,22,26)(H,23,25)(H,27,28). The Morgan fingerprint density at radius 1 is 0.893 bits per heavy atom. The Labute approximate surface area is 166 Å². The van der Waals surface area contributed by atoms with E-state index in [-0.39, 0.29) is 12.3 Å². The molecule has 0 radical (unpaired) electrons. The maximum atomic E-state index is 12.2. The van der Waals surface area contributed by atoms with E-state index in [9.17, 15) is 24.3 Å². The van der Waals surface area contributed by atoms with Gasteiger partial charge in [-0.15, -0.1) is 0 Å². The van der Waals surface area contributed by atoms with E-state index in [1.807, 2.05) is 13.8 Å². The van der Waals surface area contributed by atoms with Crippen molar-refractivity contribution in [2.45, 2.75) is 77.5 Å². The zero-order valence-corrected chi connectivity index (χ0v) is 17.2. The molecule has 5 atom stereocenters. The smallest absolute Gasteiger partial charge is 0.326 e. The second-order valence-electron chi connectivity index (χ2n) is 7.06. The lowest BCUT2D eigenvalue weighted by Gasteiger charge is -2.23. The molecule has 0 aromatic rings. The highest BCUT2D eigenvalue weighted by molar-refractivity contribution is 5.93. The van der Waals surface area contributed by atoms with Crippen LogP contribution in [0.25, 0.3) is 0 Å². The summed E-state index contributed by atoms with van der Waals surface area (Å²) in [6.07, 6.45) is 2.19. The van der Waals surface area contributed by atoms with Gasteiger partial charge >= 0.3 is 5.97 Å². The summed E-state index contributed by atoms with van der Waals surface area (Å²) in [5.41, 5.74) is 11.2. The van der Waals surface area contributed by atoms with Gasteiger partial charge in [-0.3, -0.25) is 14.4 Å². The molecule has 8 N–H and O–H groups in total. The van der Waals surface area contributed by atoms with Crippen molar-refractivity contribution in [2.24, 2.45) is 17.4 Å². The molecule has 0 spiro atoms. The van der Waals surface area contributed by atoms with Crippen LogP contribution in [0.5, 0.6) is 0 Å². The number of carbonyl (C=O) groups is 4. The van der Waals surface area contributed by atoms with E-state index in [1.54, 1.807) is 0 Å². The monoisotopic (exact) mass is 401 g/mol. The van der Waals surface area contributed by atoms with Crippen molar-refractivity contribution in [1.29, 1.82) is 0 Å². The van der Waals surface area contributed by atoms with Crippen molar-refractivity contribution in [2.75, 3.05) is 6.54 Å². The van der Waals surface area contributed by atoms with Crippen LogP contribution in [0.2, 0.25) is 0 Å². The van der Waals surface area contributed by atoms with Crippen molar-refractivity contribution in [3.8, 4) is 0 Å². The molecule has 0 aromatic heterocycles. The molecule has 162 valence electrons. The van der Waals surface area contributed by atoms with Crippen LogP contribution in [0.1, 0.15) is 53.4 Å². The first-order valence-electron chi connectivity index (χ1n) is 9.64. The van der Waals surface area contributed by atoms with Crippen molar-refractivity contribution in [3.05, 3.63) is 0 Å². The number of hydrogen-bond acceptors (Lipinski definition) is 6. The second kappa shape index (κ2) is 13.1. The van der Waals surface area contributed by atoms with Crippen LogP contribution in [0.4, 0.5) is 0 Å². The molecule has 0 bridgehead atoms. The highest BCUT2D eigenvalue weighted by Crippen LogP contribution is 2.05. The Bertz CT molecular complexity index is 542. The first-order valence-corrected chi connectivity index (χ1v) is 9.64. The predicted molar refractivity (Wildman–Crippen MR) is 105 cm³/mol. The van der Waals surface area contributed by atoms with Gasteiger partial charge < -0.3 is 32.5 Å². The molecule has 5 unspecified atom stereocenters. The molecule has 10 heteroatoms. The van der Waals surface area contributed by atoms with E-state index in [0.717, 1.165) is 6.42 Å². The average molecular weight is 402 g/mol. The van der Waals surface area contributed by atoms with E-state index in [4.69, 9.17) is 11.5 Å². The van der Waals surface area contributed by atoms with Crippen molar-refractivity contribution in [1.82, 2.24) is 16.0 Å². The predicted octanol–water partition coefficient (Wildman–Crippen LogP) is -0.932. The lowest BCUT2D eigenvalue weighted by molar-refractivity contribution is -0.142. The number of unbranched alkanes of at least 4 members (excludes halogenated alkanes) is 1. The number of carboxylic acid groups (broad SMARTS) is 1. The molecule has 0 saturated carbocycles. The van der Waals surface area contributed by atoms with Crippen LogP contribution >= 0.6 is 0 Å². The zero-order valence-electron chi connectivity index (χ0n) is 17.2. The summed E-state index contributed by atoms with van der Waals surface area (Å²) in [6, 6.07) is -3.64. The van der Waals surface area contributed by atoms with Gasteiger partial charge in [-0.05, 0) is 45.6 Å². The van der Waals surface area contributed by atoms with Gasteiger partial charge in [-0.1, -0.05) is 20.3 Å². The van der Waals surface area contributed by atoms with Crippen molar-refractivity contribution < 1.29 is 24.3 Å². The maximum absolute atomic E-state index is 12.2. The second-order valence-corrected chi connectivity index (χ2v) is 7.06. The van der Waals surface area contributed by atoms with Crippen LogP contribution < -0.4 is 27.4 Å². The van der Waals surface area contributed by atoms with Crippen LogP contribution in [0.3, 0.4) is 0 Å². The molecule has 0 aliphatic rings. The van der Waals surface area contributed by atoms with E-state index >= 15 is 0 Å². The number of aliphatic carboxylic acids is 1. The van der Waals surface area contributed by atoms with Gasteiger partial charge in [-0.2, -0.15) is 0 Å².